The van der Waals surface area contributed by atoms with Gasteiger partial charge >= 0.3 is 0 Å². The van der Waals surface area contributed by atoms with E-state index in [0.29, 0.717) is 35.3 Å². The number of fused-ring (bicyclic) bond motifs is 1. The van der Waals surface area contributed by atoms with Gasteiger partial charge < -0.3 is 28.6 Å². The van der Waals surface area contributed by atoms with Crippen LogP contribution < -0.4 is 23.7 Å². The third-order valence-corrected chi connectivity index (χ3v) is 5.57. The Morgan fingerprint density at radius 3 is 2.00 bits per heavy atom. The summed E-state index contributed by atoms with van der Waals surface area (Å²) >= 11 is 0. The molecule has 1 atom stereocenters. The van der Waals surface area contributed by atoms with Gasteiger partial charge in [-0.3, -0.25) is 4.79 Å². The van der Waals surface area contributed by atoms with Crippen molar-refractivity contribution in [2.45, 2.75) is 19.4 Å². The van der Waals surface area contributed by atoms with E-state index >= 15 is 0 Å². The largest absolute Gasteiger partial charge is 0.493 e. The zero-order valence-electron chi connectivity index (χ0n) is 18.9. The summed E-state index contributed by atoms with van der Waals surface area (Å²) in [5.74, 6) is 2.89. The molecule has 0 spiro atoms. The van der Waals surface area contributed by atoms with Crippen LogP contribution in [-0.2, 0) is 11.2 Å². The molecule has 7 nitrogen and oxygen atoms in total. The minimum atomic E-state index is -0.0827. The van der Waals surface area contributed by atoms with Crippen molar-refractivity contribution in [1.82, 2.24) is 4.90 Å². The first-order chi connectivity index (χ1) is 15.0. The lowest BCUT2D eigenvalue weighted by Crippen LogP contribution is -2.37. The van der Waals surface area contributed by atoms with Crippen molar-refractivity contribution >= 4 is 12.0 Å². The second-order valence-corrected chi connectivity index (χ2v) is 7.16. The summed E-state index contributed by atoms with van der Waals surface area (Å²) < 4.78 is 27.0. The number of methoxy groups -OCH3 is 5. The molecule has 2 aromatic carbocycles. The summed E-state index contributed by atoms with van der Waals surface area (Å²) in [5, 5.41) is 0. The predicted octanol–water partition coefficient (Wildman–Crippen LogP) is 3.89. The van der Waals surface area contributed by atoms with Gasteiger partial charge in [-0.15, -0.1) is 0 Å². The van der Waals surface area contributed by atoms with Crippen molar-refractivity contribution in [3.05, 3.63) is 47.0 Å². The smallest absolute Gasteiger partial charge is 0.247 e. The average molecular weight is 427 g/mol. The fraction of sp³-hybridized carbons (Fsp3) is 0.375. The molecule has 0 N–H and O–H groups in total. The van der Waals surface area contributed by atoms with E-state index in [4.69, 9.17) is 23.7 Å². The highest BCUT2D eigenvalue weighted by Gasteiger charge is 2.28. The number of ether oxygens (including phenoxy) is 5. The molecular weight excluding hydrogens is 398 g/mol. The number of carbonyl (C=O) groups is 1. The van der Waals surface area contributed by atoms with Crippen LogP contribution in [0.5, 0.6) is 28.7 Å². The van der Waals surface area contributed by atoms with E-state index in [1.807, 2.05) is 24.0 Å². The third-order valence-electron chi connectivity index (χ3n) is 5.57. The lowest BCUT2D eigenvalue weighted by Gasteiger charge is -2.35. The van der Waals surface area contributed by atoms with Gasteiger partial charge in [-0.1, -0.05) is 0 Å². The topological polar surface area (TPSA) is 66.5 Å². The number of hydrogen-bond acceptors (Lipinski definition) is 6. The highest BCUT2D eigenvalue weighted by Crippen LogP contribution is 2.39. The molecule has 1 heterocycles. The van der Waals surface area contributed by atoms with Gasteiger partial charge in [0.25, 0.3) is 0 Å². The van der Waals surface area contributed by atoms with Crippen molar-refractivity contribution in [2.24, 2.45) is 0 Å². The molecule has 166 valence electrons. The first-order valence-electron chi connectivity index (χ1n) is 10.0. The average Bonchev–Trinajstić information content (AvgIpc) is 2.81. The SMILES string of the molecule is COc1cc2c(cc1OC)C(C)N(C(=O)/C=C/c1cc(OC)c(OC)c(OC)c1)CC2. The number of rotatable bonds is 7. The lowest BCUT2D eigenvalue weighted by atomic mass is 9.92. The highest BCUT2D eigenvalue weighted by molar-refractivity contribution is 5.92. The number of carbonyl (C=O) groups excluding carboxylic acids is 1. The van der Waals surface area contributed by atoms with Crippen LogP contribution in [0.25, 0.3) is 6.08 Å². The fourth-order valence-electron chi connectivity index (χ4n) is 3.91. The summed E-state index contributed by atoms with van der Waals surface area (Å²) in [6, 6.07) is 7.48. The third kappa shape index (κ3) is 4.40. The molecule has 3 rings (SSSR count). The van der Waals surface area contributed by atoms with Crippen molar-refractivity contribution in [1.29, 1.82) is 0 Å². The van der Waals surface area contributed by atoms with E-state index < -0.39 is 0 Å². The van der Waals surface area contributed by atoms with Gasteiger partial charge in [0.2, 0.25) is 11.7 Å². The molecule has 0 saturated heterocycles. The molecule has 1 aliphatic heterocycles. The standard InChI is InChI=1S/C24H29NO6/c1-15-18-14-20(28-3)19(27-2)13-17(18)9-10-25(15)23(26)8-7-16-11-21(29-4)24(31-6)22(12-16)30-5/h7-8,11-15H,9-10H2,1-6H3/b8-7+. The van der Waals surface area contributed by atoms with Crippen molar-refractivity contribution < 1.29 is 28.5 Å². The molecule has 31 heavy (non-hydrogen) atoms. The maximum Gasteiger partial charge on any atom is 0.247 e. The fourth-order valence-corrected chi connectivity index (χ4v) is 3.91. The molecule has 7 heteroatoms. The van der Waals surface area contributed by atoms with Gasteiger partial charge in [0.15, 0.2) is 23.0 Å². The molecular formula is C24H29NO6. The van der Waals surface area contributed by atoms with Gasteiger partial charge in [-0.2, -0.15) is 0 Å². The summed E-state index contributed by atoms with van der Waals surface area (Å²) in [6.45, 7) is 2.65. The van der Waals surface area contributed by atoms with Gasteiger partial charge in [-0.05, 0) is 60.4 Å². The van der Waals surface area contributed by atoms with Crippen LogP contribution >= 0.6 is 0 Å². The second-order valence-electron chi connectivity index (χ2n) is 7.16. The number of amides is 1. The van der Waals surface area contributed by atoms with Crippen LogP contribution in [0.4, 0.5) is 0 Å². The Bertz CT molecular complexity index is 959. The van der Waals surface area contributed by atoms with Gasteiger partial charge in [0, 0.05) is 12.6 Å². The number of hydrogen-bond donors (Lipinski definition) is 0. The van der Waals surface area contributed by atoms with E-state index in [-0.39, 0.29) is 11.9 Å². The highest BCUT2D eigenvalue weighted by atomic mass is 16.5. The van der Waals surface area contributed by atoms with E-state index in [1.165, 1.54) is 5.56 Å². The van der Waals surface area contributed by atoms with Gasteiger partial charge in [0.05, 0.1) is 41.6 Å². The van der Waals surface area contributed by atoms with E-state index in [9.17, 15) is 4.79 Å². The molecule has 1 aliphatic rings. The Morgan fingerprint density at radius 2 is 1.45 bits per heavy atom. The maximum absolute atomic E-state index is 13.0. The molecule has 0 radical (unpaired) electrons. The maximum atomic E-state index is 13.0. The quantitative estimate of drug-likeness (QED) is 0.625. The number of benzene rings is 2. The zero-order chi connectivity index (χ0) is 22.5. The predicted molar refractivity (Wildman–Crippen MR) is 119 cm³/mol. The normalized spacial score (nSPS) is 15.4. The Morgan fingerprint density at radius 1 is 0.871 bits per heavy atom. The first-order valence-corrected chi connectivity index (χ1v) is 10.0. The van der Waals surface area contributed by atoms with Crippen molar-refractivity contribution in [3.8, 4) is 28.7 Å². The molecule has 0 saturated carbocycles. The summed E-state index contributed by atoms with van der Waals surface area (Å²) in [5.41, 5.74) is 3.01. The minimum absolute atomic E-state index is 0.0679. The summed E-state index contributed by atoms with van der Waals surface area (Å²) in [6.07, 6.45) is 4.08. The number of nitrogens with zero attached hydrogens (tertiary/aromatic N) is 1. The first kappa shape index (κ1) is 22.3. The van der Waals surface area contributed by atoms with Crippen molar-refractivity contribution in [3.63, 3.8) is 0 Å². The van der Waals surface area contributed by atoms with Crippen LogP contribution in [0.3, 0.4) is 0 Å². The Hall–Kier alpha value is -3.35. The second kappa shape index (κ2) is 9.64. The van der Waals surface area contributed by atoms with Crippen LogP contribution in [0.15, 0.2) is 30.3 Å². The molecule has 2 aromatic rings. The minimum Gasteiger partial charge on any atom is -0.493 e. The lowest BCUT2D eigenvalue weighted by molar-refractivity contribution is -0.128. The molecule has 1 unspecified atom stereocenters. The molecule has 0 aliphatic carbocycles. The van der Waals surface area contributed by atoms with Crippen LogP contribution in [0.1, 0.15) is 29.7 Å². The Labute approximate surface area is 183 Å². The van der Waals surface area contributed by atoms with E-state index in [1.54, 1.807) is 59.8 Å². The molecule has 0 aromatic heterocycles. The van der Waals surface area contributed by atoms with Crippen LogP contribution in [0.2, 0.25) is 0 Å². The molecule has 1 amide bonds. The van der Waals surface area contributed by atoms with E-state index in [0.717, 1.165) is 17.5 Å². The van der Waals surface area contributed by atoms with Gasteiger partial charge in [-0.25, -0.2) is 0 Å². The molecule has 0 bridgehead atoms. The monoisotopic (exact) mass is 427 g/mol. The van der Waals surface area contributed by atoms with Gasteiger partial charge in [0.1, 0.15) is 0 Å². The summed E-state index contributed by atoms with van der Waals surface area (Å²) in [4.78, 5) is 14.8. The van der Waals surface area contributed by atoms with Crippen molar-refractivity contribution in [2.75, 3.05) is 42.1 Å². The van der Waals surface area contributed by atoms with Crippen LogP contribution in [-0.4, -0.2) is 52.9 Å². The van der Waals surface area contributed by atoms with E-state index in [2.05, 4.69) is 0 Å². The summed E-state index contributed by atoms with van der Waals surface area (Å²) in [7, 11) is 7.92. The zero-order valence-corrected chi connectivity index (χ0v) is 18.9. The van der Waals surface area contributed by atoms with Crippen LogP contribution in [0, 0.1) is 0 Å². The molecule has 0 fully saturated rings. The Kier molecular flexibility index (Phi) is 6.95. The Balaban J connectivity index is 1.84.